The number of nitrogens with zero attached hydrogens (tertiary/aromatic N) is 4. The molecule has 0 atom stereocenters. The van der Waals surface area contributed by atoms with E-state index in [9.17, 15) is 9.59 Å². The highest BCUT2D eigenvalue weighted by Gasteiger charge is 2.23. The summed E-state index contributed by atoms with van der Waals surface area (Å²) in [5.74, 6) is 1.15. The molecule has 8 heteroatoms. The molecular weight excluding hydrogens is 402 g/mol. The Labute approximate surface area is 184 Å². The molecule has 0 saturated carbocycles. The van der Waals surface area contributed by atoms with E-state index < -0.39 is 0 Å². The first-order valence-electron chi connectivity index (χ1n) is 10.9. The summed E-state index contributed by atoms with van der Waals surface area (Å²) in [6.45, 7) is 7.85. The lowest BCUT2D eigenvalue weighted by atomic mass is 10.1. The van der Waals surface area contributed by atoms with Gasteiger partial charge in [-0.15, -0.1) is 0 Å². The SMILES string of the molecule is CCNC(=NCCC(=O)N1CCCC1)N1CCN(C(=O)Cc2cccc(Cl)c2)CC1. The number of piperazine rings is 1. The van der Waals surface area contributed by atoms with E-state index in [1.54, 1.807) is 0 Å². The van der Waals surface area contributed by atoms with Crippen molar-refractivity contribution in [3.05, 3.63) is 34.9 Å². The van der Waals surface area contributed by atoms with Gasteiger partial charge in [0.05, 0.1) is 13.0 Å². The van der Waals surface area contributed by atoms with Gasteiger partial charge in [-0.3, -0.25) is 14.6 Å². The third kappa shape index (κ3) is 6.36. The molecule has 2 aliphatic heterocycles. The van der Waals surface area contributed by atoms with E-state index in [1.165, 1.54) is 0 Å². The molecule has 0 unspecified atom stereocenters. The number of benzene rings is 1. The second kappa shape index (κ2) is 11.2. The predicted molar refractivity (Wildman–Crippen MR) is 120 cm³/mol. The average Bonchev–Trinajstić information content (AvgIpc) is 3.28. The van der Waals surface area contributed by atoms with E-state index in [0.717, 1.165) is 57.1 Å². The van der Waals surface area contributed by atoms with Gasteiger partial charge >= 0.3 is 0 Å². The zero-order chi connectivity index (χ0) is 21.3. The summed E-state index contributed by atoms with van der Waals surface area (Å²) in [6.07, 6.45) is 3.04. The van der Waals surface area contributed by atoms with Crippen molar-refractivity contribution in [1.82, 2.24) is 20.0 Å². The number of guanidine groups is 1. The summed E-state index contributed by atoms with van der Waals surface area (Å²) in [4.78, 5) is 35.5. The van der Waals surface area contributed by atoms with Crippen molar-refractivity contribution >= 4 is 29.4 Å². The molecule has 2 heterocycles. The van der Waals surface area contributed by atoms with Crippen LogP contribution in [0.5, 0.6) is 0 Å². The number of nitrogens with one attached hydrogen (secondary N) is 1. The second-order valence-corrected chi connectivity index (χ2v) is 8.18. The highest BCUT2D eigenvalue weighted by atomic mass is 35.5. The van der Waals surface area contributed by atoms with Crippen molar-refractivity contribution in [2.75, 3.05) is 52.4 Å². The largest absolute Gasteiger partial charge is 0.357 e. The van der Waals surface area contributed by atoms with Gasteiger partial charge in [0.15, 0.2) is 5.96 Å². The number of hydrogen-bond donors (Lipinski definition) is 1. The Morgan fingerprint density at radius 1 is 1.00 bits per heavy atom. The molecule has 2 aliphatic rings. The molecule has 2 amide bonds. The van der Waals surface area contributed by atoms with Gasteiger partial charge in [0, 0.05) is 57.3 Å². The number of halogens is 1. The Balaban J connectivity index is 1.48. The zero-order valence-corrected chi connectivity index (χ0v) is 18.5. The minimum absolute atomic E-state index is 0.120. The standard InChI is InChI=1S/C22H32ClN5O2/c1-2-24-22(25-9-8-20(29)26-10-3-4-11-26)28-14-12-27(13-15-28)21(30)17-18-6-5-7-19(23)16-18/h5-7,16H,2-4,8-15,17H2,1H3,(H,24,25). The van der Waals surface area contributed by atoms with Crippen LogP contribution in [0.3, 0.4) is 0 Å². The van der Waals surface area contributed by atoms with Gasteiger partial charge in [0.1, 0.15) is 0 Å². The molecule has 7 nitrogen and oxygen atoms in total. The Kier molecular flexibility index (Phi) is 8.37. The number of aliphatic imine (C=N–C) groups is 1. The number of rotatable bonds is 6. The molecule has 0 spiro atoms. The van der Waals surface area contributed by atoms with Crippen molar-refractivity contribution in [2.45, 2.75) is 32.6 Å². The van der Waals surface area contributed by atoms with Gasteiger partial charge in [0.2, 0.25) is 11.8 Å². The van der Waals surface area contributed by atoms with Gasteiger partial charge in [-0.05, 0) is 37.5 Å². The maximum atomic E-state index is 12.6. The minimum Gasteiger partial charge on any atom is -0.357 e. The van der Waals surface area contributed by atoms with Crippen molar-refractivity contribution in [3.8, 4) is 0 Å². The highest BCUT2D eigenvalue weighted by Crippen LogP contribution is 2.13. The van der Waals surface area contributed by atoms with Crippen LogP contribution >= 0.6 is 11.6 Å². The number of amides is 2. The molecule has 0 aliphatic carbocycles. The van der Waals surface area contributed by atoms with Crippen molar-refractivity contribution < 1.29 is 9.59 Å². The quantitative estimate of drug-likeness (QED) is 0.550. The second-order valence-electron chi connectivity index (χ2n) is 7.75. The fourth-order valence-corrected chi connectivity index (χ4v) is 4.12. The van der Waals surface area contributed by atoms with Crippen molar-refractivity contribution in [2.24, 2.45) is 4.99 Å². The minimum atomic E-state index is 0.120. The number of hydrogen-bond acceptors (Lipinski definition) is 3. The zero-order valence-electron chi connectivity index (χ0n) is 17.8. The molecule has 1 aromatic rings. The lowest BCUT2D eigenvalue weighted by molar-refractivity contribution is -0.132. The Morgan fingerprint density at radius 3 is 2.33 bits per heavy atom. The lowest BCUT2D eigenvalue weighted by Crippen LogP contribution is -2.54. The fourth-order valence-electron chi connectivity index (χ4n) is 3.91. The first-order valence-corrected chi connectivity index (χ1v) is 11.3. The van der Waals surface area contributed by atoms with E-state index in [1.807, 2.05) is 41.0 Å². The molecule has 164 valence electrons. The van der Waals surface area contributed by atoms with Gasteiger partial charge in [-0.2, -0.15) is 0 Å². The maximum Gasteiger partial charge on any atom is 0.227 e. The normalized spacial score (nSPS) is 17.4. The molecule has 1 N–H and O–H groups in total. The van der Waals surface area contributed by atoms with Gasteiger partial charge in [0.25, 0.3) is 0 Å². The highest BCUT2D eigenvalue weighted by molar-refractivity contribution is 6.30. The molecular formula is C22H32ClN5O2. The van der Waals surface area contributed by atoms with Crippen LogP contribution in [0.4, 0.5) is 0 Å². The number of carbonyl (C=O) groups excluding carboxylic acids is 2. The Bertz CT molecular complexity index is 756. The molecule has 30 heavy (non-hydrogen) atoms. The van der Waals surface area contributed by atoms with Crippen LogP contribution in [-0.2, 0) is 16.0 Å². The molecule has 0 bridgehead atoms. The monoisotopic (exact) mass is 433 g/mol. The van der Waals surface area contributed by atoms with Crippen LogP contribution in [0.15, 0.2) is 29.3 Å². The smallest absolute Gasteiger partial charge is 0.227 e. The summed E-state index contributed by atoms with van der Waals surface area (Å²) >= 11 is 6.02. The van der Waals surface area contributed by atoms with Crippen LogP contribution in [0.25, 0.3) is 0 Å². The van der Waals surface area contributed by atoms with Crippen molar-refractivity contribution in [1.29, 1.82) is 0 Å². The van der Waals surface area contributed by atoms with Crippen LogP contribution in [0.2, 0.25) is 5.02 Å². The van der Waals surface area contributed by atoms with E-state index in [4.69, 9.17) is 11.6 Å². The predicted octanol–water partition coefficient (Wildman–Crippen LogP) is 2.00. The Hall–Kier alpha value is -2.28. The first-order chi connectivity index (χ1) is 14.6. The summed E-state index contributed by atoms with van der Waals surface area (Å²) in [6, 6.07) is 7.46. The van der Waals surface area contributed by atoms with E-state index in [-0.39, 0.29) is 11.8 Å². The van der Waals surface area contributed by atoms with Gasteiger partial charge in [-0.25, -0.2) is 0 Å². The molecule has 2 saturated heterocycles. The van der Waals surface area contributed by atoms with Gasteiger partial charge in [-0.1, -0.05) is 23.7 Å². The van der Waals surface area contributed by atoms with Crippen LogP contribution in [0.1, 0.15) is 31.7 Å². The molecule has 2 fully saturated rings. The summed E-state index contributed by atoms with van der Waals surface area (Å²) < 4.78 is 0. The third-order valence-corrected chi connectivity index (χ3v) is 5.79. The fraction of sp³-hybridized carbons (Fsp3) is 0.591. The van der Waals surface area contributed by atoms with Crippen LogP contribution < -0.4 is 5.32 Å². The summed E-state index contributed by atoms with van der Waals surface area (Å²) in [7, 11) is 0. The third-order valence-electron chi connectivity index (χ3n) is 5.56. The van der Waals surface area contributed by atoms with Crippen molar-refractivity contribution in [3.63, 3.8) is 0 Å². The molecule has 0 radical (unpaired) electrons. The molecule has 1 aromatic carbocycles. The summed E-state index contributed by atoms with van der Waals surface area (Å²) in [5.41, 5.74) is 0.938. The van der Waals surface area contributed by atoms with Crippen LogP contribution in [-0.4, -0.2) is 84.8 Å². The first kappa shape index (κ1) is 22.4. The number of carbonyl (C=O) groups is 2. The Morgan fingerprint density at radius 2 is 1.67 bits per heavy atom. The van der Waals surface area contributed by atoms with Crippen LogP contribution in [0, 0.1) is 0 Å². The topological polar surface area (TPSA) is 68.2 Å². The van der Waals surface area contributed by atoms with E-state index in [2.05, 4.69) is 15.2 Å². The maximum absolute atomic E-state index is 12.6. The molecule has 0 aromatic heterocycles. The average molecular weight is 434 g/mol. The lowest BCUT2D eigenvalue weighted by Gasteiger charge is -2.36. The van der Waals surface area contributed by atoms with Gasteiger partial charge < -0.3 is 20.0 Å². The van der Waals surface area contributed by atoms with E-state index in [0.29, 0.717) is 37.5 Å². The van der Waals surface area contributed by atoms with E-state index >= 15 is 0 Å². The summed E-state index contributed by atoms with van der Waals surface area (Å²) in [5, 5.41) is 3.97. The number of likely N-dealkylation sites (tertiary alicyclic amines) is 1. The molecule has 3 rings (SSSR count).